The van der Waals surface area contributed by atoms with Gasteiger partial charge in [0.2, 0.25) is 0 Å². The van der Waals surface area contributed by atoms with Crippen molar-refractivity contribution in [3.8, 4) is 0 Å². The fourth-order valence-electron chi connectivity index (χ4n) is 1.52. The molecule has 2 heterocycles. The maximum Gasteiger partial charge on any atom is 0.155 e. The van der Waals surface area contributed by atoms with Gasteiger partial charge >= 0.3 is 0 Å². The molecule has 2 N–H and O–H groups in total. The van der Waals surface area contributed by atoms with Gasteiger partial charge in [-0.3, -0.25) is 0 Å². The van der Waals surface area contributed by atoms with Crippen LogP contribution in [0, 0.1) is 0 Å². The van der Waals surface area contributed by atoms with Crippen molar-refractivity contribution in [2.45, 2.75) is 0 Å². The average molecular weight is 228 g/mol. The first-order valence-corrected chi connectivity index (χ1v) is 6.41. The zero-order chi connectivity index (χ0) is 10.9. The van der Waals surface area contributed by atoms with Crippen LogP contribution in [0.2, 0.25) is 0 Å². The number of nitrogens with two attached hydrogens (primary N) is 1. The van der Waals surface area contributed by atoms with Crippen molar-refractivity contribution in [1.29, 1.82) is 0 Å². The van der Waals surface area contributed by atoms with Crippen LogP contribution < -0.4 is 10.6 Å². The lowest BCUT2D eigenvalue weighted by atomic mass is 10.4. The van der Waals surface area contributed by atoms with Crippen LogP contribution in [0.4, 0.5) is 11.5 Å². The zero-order valence-electron chi connectivity index (χ0n) is 8.13. The molecule has 0 aliphatic carbocycles. The van der Waals surface area contributed by atoms with E-state index in [1.54, 1.807) is 0 Å². The van der Waals surface area contributed by atoms with Crippen LogP contribution in [-0.4, -0.2) is 43.0 Å². The minimum Gasteiger partial charge on any atom is -0.394 e. The summed E-state index contributed by atoms with van der Waals surface area (Å²) in [6, 6.07) is 0. The molecular formula is C8H12N4O2S. The molecule has 1 aromatic rings. The van der Waals surface area contributed by atoms with E-state index in [1.807, 2.05) is 4.90 Å². The predicted octanol–water partition coefficient (Wildman–Crippen LogP) is -0.706. The number of nitrogen functional groups attached to an aromatic ring is 1. The molecule has 0 bridgehead atoms. The van der Waals surface area contributed by atoms with Gasteiger partial charge in [-0.15, -0.1) is 0 Å². The third-order valence-corrected chi connectivity index (χ3v) is 3.97. The maximum atomic E-state index is 11.2. The van der Waals surface area contributed by atoms with E-state index in [-0.39, 0.29) is 11.5 Å². The molecule has 0 unspecified atom stereocenters. The van der Waals surface area contributed by atoms with Gasteiger partial charge in [0, 0.05) is 13.1 Å². The van der Waals surface area contributed by atoms with Gasteiger partial charge in [-0.1, -0.05) is 0 Å². The Hall–Kier alpha value is -1.37. The van der Waals surface area contributed by atoms with Crippen molar-refractivity contribution in [2.24, 2.45) is 0 Å². The average Bonchev–Trinajstić information content (AvgIpc) is 2.19. The van der Waals surface area contributed by atoms with Crippen molar-refractivity contribution in [3.63, 3.8) is 0 Å². The molecule has 0 saturated carbocycles. The topological polar surface area (TPSA) is 89.2 Å². The van der Waals surface area contributed by atoms with E-state index in [1.165, 1.54) is 12.5 Å². The highest BCUT2D eigenvalue weighted by atomic mass is 32.2. The highest BCUT2D eigenvalue weighted by molar-refractivity contribution is 7.91. The van der Waals surface area contributed by atoms with E-state index in [0.717, 1.165) is 0 Å². The molecule has 1 aliphatic heterocycles. The number of sulfone groups is 1. The Kier molecular flexibility index (Phi) is 2.47. The van der Waals surface area contributed by atoms with E-state index in [9.17, 15) is 8.42 Å². The van der Waals surface area contributed by atoms with Crippen molar-refractivity contribution in [1.82, 2.24) is 9.97 Å². The van der Waals surface area contributed by atoms with Crippen LogP contribution in [0.1, 0.15) is 0 Å². The number of hydrogen-bond acceptors (Lipinski definition) is 6. The second-order valence-corrected chi connectivity index (χ2v) is 5.74. The summed E-state index contributed by atoms with van der Waals surface area (Å²) in [4.78, 5) is 9.71. The van der Waals surface area contributed by atoms with Gasteiger partial charge < -0.3 is 10.6 Å². The second kappa shape index (κ2) is 3.65. The van der Waals surface area contributed by atoms with Gasteiger partial charge in [0.1, 0.15) is 6.33 Å². The van der Waals surface area contributed by atoms with Gasteiger partial charge in [0.25, 0.3) is 0 Å². The lowest BCUT2D eigenvalue weighted by molar-refractivity contribution is 0.586. The predicted molar refractivity (Wildman–Crippen MR) is 57.3 cm³/mol. The van der Waals surface area contributed by atoms with Crippen molar-refractivity contribution in [3.05, 3.63) is 12.5 Å². The van der Waals surface area contributed by atoms with E-state index in [2.05, 4.69) is 9.97 Å². The summed E-state index contributed by atoms with van der Waals surface area (Å²) < 4.78 is 22.4. The fourth-order valence-corrected chi connectivity index (χ4v) is 2.72. The molecule has 0 amide bonds. The summed E-state index contributed by atoms with van der Waals surface area (Å²) in [6.45, 7) is 0.896. The smallest absolute Gasteiger partial charge is 0.155 e. The molecule has 6 nitrogen and oxygen atoms in total. The molecule has 1 fully saturated rings. The SMILES string of the molecule is Nc1cncnc1N1CCS(=O)(=O)CC1. The summed E-state index contributed by atoms with van der Waals surface area (Å²) in [5.41, 5.74) is 6.19. The minimum atomic E-state index is -2.86. The van der Waals surface area contributed by atoms with Gasteiger partial charge in [0.05, 0.1) is 23.4 Å². The summed E-state index contributed by atoms with van der Waals surface area (Å²) >= 11 is 0. The molecule has 0 aromatic carbocycles. The van der Waals surface area contributed by atoms with Crippen LogP contribution in [0.25, 0.3) is 0 Å². The Labute approximate surface area is 88.0 Å². The fraction of sp³-hybridized carbons (Fsp3) is 0.500. The van der Waals surface area contributed by atoms with Gasteiger partial charge in [-0.2, -0.15) is 0 Å². The zero-order valence-corrected chi connectivity index (χ0v) is 8.94. The van der Waals surface area contributed by atoms with Crippen LogP contribution in [0.3, 0.4) is 0 Å². The molecular weight excluding hydrogens is 216 g/mol. The maximum absolute atomic E-state index is 11.2. The monoisotopic (exact) mass is 228 g/mol. The molecule has 1 saturated heterocycles. The molecule has 7 heteroatoms. The Bertz CT molecular complexity index is 445. The Balaban J connectivity index is 2.18. The molecule has 1 aromatic heterocycles. The molecule has 1 aliphatic rings. The van der Waals surface area contributed by atoms with Crippen LogP contribution in [-0.2, 0) is 9.84 Å². The van der Waals surface area contributed by atoms with Crippen molar-refractivity contribution < 1.29 is 8.42 Å². The number of nitrogens with zero attached hydrogens (tertiary/aromatic N) is 3. The molecule has 0 radical (unpaired) electrons. The summed E-state index contributed by atoms with van der Waals surface area (Å²) in [5, 5.41) is 0. The third kappa shape index (κ3) is 2.17. The lowest BCUT2D eigenvalue weighted by Crippen LogP contribution is -2.41. The number of rotatable bonds is 1. The molecule has 15 heavy (non-hydrogen) atoms. The third-order valence-electron chi connectivity index (χ3n) is 2.36. The van der Waals surface area contributed by atoms with Gasteiger partial charge in [-0.05, 0) is 0 Å². The van der Waals surface area contributed by atoms with Crippen LogP contribution >= 0.6 is 0 Å². The molecule has 82 valence electrons. The Morgan fingerprint density at radius 1 is 1.33 bits per heavy atom. The van der Waals surface area contributed by atoms with Gasteiger partial charge in [0.15, 0.2) is 15.7 Å². The summed E-state index contributed by atoms with van der Waals surface area (Å²) in [5.74, 6) is 0.951. The van der Waals surface area contributed by atoms with Crippen molar-refractivity contribution in [2.75, 3.05) is 35.2 Å². The number of aromatic nitrogens is 2. The molecule has 0 spiro atoms. The van der Waals surface area contributed by atoms with E-state index in [0.29, 0.717) is 24.6 Å². The van der Waals surface area contributed by atoms with Crippen LogP contribution in [0.5, 0.6) is 0 Å². The highest BCUT2D eigenvalue weighted by Gasteiger charge is 2.23. The van der Waals surface area contributed by atoms with E-state index < -0.39 is 9.84 Å². The second-order valence-electron chi connectivity index (χ2n) is 3.44. The number of anilines is 2. The minimum absolute atomic E-state index is 0.163. The lowest BCUT2D eigenvalue weighted by Gasteiger charge is -2.28. The van der Waals surface area contributed by atoms with Crippen LogP contribution in [0.15, 0.2) is 12.5 Å². The first-order chi connectivity index (χ1) is 7.08. The highest BCUT2D eigenvalue weighted by Crippen LogP contribution is 2.19. The Morgan fingerprint density at radius 2 is 2.00 bits per heavy atom. The van der Waals surface area contributed by atoms with E-state index >= 15 is 0 Å². The normalized spacial score (nSPS) is 20.1. The quantitative estimate of drug-likeness (QED) is 0.683. The first kappa shape index (κ1) is 10.2. The largest absolute Gasteiger partial charge is 0.394 e. The molecule has 2 rings (SSSR count). The first-order valence-electron chi connectivity index (χ1n) is 4.59. The van der Waals surface area contributed by atoms with Gasteiger partial charge in [-0.25, -0.2) is 18.4 Å². The summed E-state index contributed by atoms with van der Waals surface area (Å²) in [6.07, 6.45) is 2.93. The standard InChI is InChI=1S/C8H12N4O2S/c9-7-5-10-6-11-8(7)12-1-3-15(13,14)4-2-12/h5-6H,1-4,9H2. The number of hydrogen-bond donors (Lipinski definition) is 1. The molecule has 0 atom stereocenters. The van der Waals surface area contributed by atoms with E-state index in [4.69, 9.17) is 5.73 Å². The summed E-state index contributed by atoms with van der Waals surface area (Å²) in [7, 11) is -2.86. The van der Waals surface area contributed by atoms with Crippen molar-refractivity contribution >= 4 is 21.3 Å². The Morgan fingerprint density at radius 3 is 2.60 bits per heavy atom.